The maximum absolute atomic E-state index is 14.4. The number of carbonyl (C=O) groups excluding carboxylic acids is 1. The summed E-state index contributed by atoms with van der Waals surface area (Å²) >= 11 is 0. The van der Waals surface area contributed by atoms with E-state index >= 15 is 0 Å². The third-order valence-electron chi connectivity index (χ3n) is 4.70. The van der Waals surface area contributed by atoms with Crippen molar-refractivity contribution in [3.05, 3.63) is 65.1 Å². The average Bonchev–Trinajstić information content (AvgIpc) is 3.12. The first-order valence-electron chi connectivity index (χ1n) is 9.26. The highest BCUT2D eigenvalue weighted by Gasteiger charge is 2.22. The largest absolute Gasteiger partial charge is 0.478 e. The first-order chi connectivity index (χ1) is 15.1. The van der Waals surface area contributed by atoms with Crippen molar-refractivity contribution in [3.8, 4) is 17.0 Å². The highest BCUT2D eigenvalue weighted by Crippen LogP contribution is 2.31. The molecular weight excluding hydrogens is 434 g/mol. The molecule has 2 aromatic carbocycles. The minimum atomic E-state index is -3.32. The van der Waals surface area contributed by atoms with Crippen LogP contribution in [-0.4, -0.2) is 33.1 Å². The van der Waals surface area contributed by atoms with E-state index in [0.717, 1.165) is 18.3 Å². The van der Waals surface area contributed by atoms with Crippen LogP contribution in [-0.2, 0) is 13.5 Å². The number of carboxylic acids is 1. The third-order valence-corrected chi connectivity index (χ3v) is 4.70. The molecule has 0 fully saturated rings. The number of aryl methyl sites for hydroxylation is 1. The maximum atomic E-state index is 14.4. The van der Waals surface area contributed by atoms with Gasteiger partial charge in [0.25, 0.3) is 5.91 Å². The SMILES string of the molecule is CCc1cc(NC(=O)c2ncc(-c3ccc(OC(F)F)c(F)c3F)n2C)ccc1C(=O)O. The van der Waals surface area contributed by atoms with Crippen LogP contribution in [0.4, 0.5) is 23.2 Å². The van der Waals surface area contributed by atoms with Gasteiger partial charge in [-0.3, -0.25) is 4.79 Å². The predicted molar refractivity (Wildman–Crippen MR) is 106 cm³/mol. The molecule has 3 rings (SSSR count). The quantitative estimate of drug-likeness (QED) is 0.517. The van der Waals surface area contributed by atoms with E-state index in [-0.39, 0.29) is 22.6 Å². The minimum absolute atomic E-state index is 0.0191. The lowest BCUT2D eigenvalue weighted by atomic mass is 10.0. The van der Waals surface area contributed by atoms with Crippen molar-refractivity contribution in [2.75, 3.05) is 5.32 Å². The molecule has 3 aromatic rings. The molecule has 0 aliphatic carbocycles. The maximum Gasteiger partial charge on any atom is 0.387 e. The number of hydrogen-bond donors (Lipinski definition) is 2. The van der Waals surface area contributed by atoms with Gasteiger partial charge in [-0.2, -0.15) is 13.2 Å². The van der Waals surface area contributed by atoms with Crippen molar-refractivity contribution < 1.29 is 37.0 Å². The topological polar surface area (TPSA) is 93.5 Å². The van der Waals surface area contributed by atoms with Crippen LogP contribution in [0.15, 0.2) is 36.5 Å². The molecule has 1 aromatic heterocycles. The van der Waals surface area contributed by atoms with Crippen molar-refractivity contribution in [1.29, 1.82) is 0 Å². The number of anilines is 1. The van der Waals surface area contributed by atoms with E-state index in [4.69, 9.17) is 0 Å². The smallest absolute Gasteiger partial charge is 0.387 e. The Morgan fingerprint density at radius 2 is 1.91 bits per heavy atom. The van der Waals surface area contributed by atoms with Gasteiger partial charge in [0.1, 0.15) is 0 Å². The van der Waals surface area contributed by atoms with E-state index in [2.05, 4.69) is 15.0 Å². The number of nitrogens with zero attached hydrogens (tertiary/aromatic N) is 2. The molecule has 0 saturated heterocycles. The molecule has 168 valence electrons. The summed E-state index contributed by atoms with van der Waals surface area (Å²) in [6, 6.07) is 6.18. The predicted octanol–water partition coefficient (Wildman–Crippen LogP) is 4.48. The molecule has 0 aliphatic heterocycles. The number of amides is 1. The molecule has 11 heteroatoms. The van der Waals surface area contributed by atoms with Gasteiger partial charge in [0, 0.05) is 18.3 Å². The Morgan fingerprint density at radius 1 is 1.19 bits per heavy atom. The monoisotopic (exact) mass is 451 g/mol. The number of alkyl halides is 2. The molecule has 0 spiro atoms. The lowest BCUT2D eigenvalue weighted by Gasteiger charge is -2.11. The number of ether oxygens (including phenoxy) is 1. The second-order valence-electron chi connectivity index (χ2n) is 6.63. The van der Waals surface area contributed by atoms with Crippen LogP contribution in [0.3, 0.4) is 0 Å². The molecule has 2 N–H and O–H groups in total. The van der Waals surface area contributed by atoms with Gasteiger partial charge in [0.2, 0.25) is 5.82 Å². The van der Waals surface area contributed by atoms with Gasteiger partial charge in [-0.05, 0) is 42.3 Å². The van der Waals surface area contributed by atoms with Crippen molar-refractivity contribution in [2.24, 2.45) is 7.05 Å². The number of rotatable bonds is 7. The van der Waals surface area contributed by atoms with E-state index in [9.17, 15) is 32.3 Å². The Kier molecular flexibility index (Phi) is 6.47. The molecule has 0 radical (unpaired) electrons. The Balaban J connectivity index is 1.89. The van der Waals surface area contributed by atoms with Crippen LogP contribution < -0.4 is 10.1 Å². The Hall–Kier alpha value is -3.89. The van der Waals surface area contributed by atoms with Crippen molar-refractivity contribution in [1.82, 2.24) is 9.55 Å². The number of carbonyl (C=O) groups is 2. The molecule has 1 amide bonds. The first-order valence-corrected chi connectivity index (χ1v) is 9.26. The summed E-state index contributed by atoms with van der Waals surface area (Å²) in [6.45, 7) is -1.55. The highest BCUT2D eigenvalue weighted by molar-refractivity contribution is 6.02. The van der Waals surface area contributed by atoms with Crippen LogP contribution in [0.25, 0.3) is 11.3 Å². The van der Waals surface area contributed by atoms with Gasteiger partial charge in [-0.15, -0.1) is 0 Å². The fourth-order valence-electron chi connectivity index (χ4n) is 3.15. The second kappa shape index (κ2) is 9.08. The van der Waals surface area contributed by atoms with E-state index < -0.39 is 35.9 Å². The number of nitrogens with one attached hydrogen (secondary N) is 1. The van der Waals surface area contributed by atoms with Crippen LogP contribution in [0.5, 0.6) is 5.75 Å². The Morgan fingerprint density at radius 3 is 2.53 bits per heavy atom. The van der Waals surface area contributed by atoms with Crippen LogP contribution in [0.1, 0.15) is 33.5 Å². The zero-order chi connectivity index (χ0) is 23.6. The molecule has 0 bridgehead atoms. The van der Waals surface area contributed by atoms with E-state index in [0.29, 0.717) is 17.7 Å². The summed E-state index contributed by atoms with van der Waals surface area (Å²) in [5.41, 5.74) is 0.663. The Bertz CT molecular complexity index is 1190. The van der Waals surface area contributed by atoms with Gasteiger partial charge in [0.15, 0.2) is 17.4 Å². The molecule has 1 heterocycles. The highest BCUT2D eigenvalue weighted by atomic mass is 19.3. The summed E-state index contributed by atoms with van der Waals surface area (Å²) < 4.78 is 58.2. The number of carboxylic acid groups (broad SMARTS) is 1. The molecule has 0 aliphatic rings. The van der Waals surface area contributed by atoms with Gasteiger partial charge in [-0.1, -0.05) is 6.92 Å². The summed E-state index contributed by atoms with van der Waals surface area (Å²) in [5, 5.41) is 11.8. The number of hydrogen-bond acceptors (Lipinski definition) is 4. The zero-order valence-corrected chi connectivity index (χ0v) is 16.8. The lowest BCUT2D eigenvalue weighted by molar-refractivity contribution is -0.0525. The van der Waals surface area contributed by atoms with Crippen LogP contribution in [0, 0.1) is 11.6 Å². The van der Waals surface area contributed by atoms with E-state index in [1.54, 1.807) is 6.92 Å². The lowest BCUT2D eigenvalue weighted by Crippen LogP contribution is -2.17. The minimum Gasteiger partial charge on any atom is -0.478 e. The van der Waals surface area contributed by atoms with Gasteiger partial charge < -0.3 is 19.7 Å². The molecule has 32 heavy (non-hydrogen) atoms. The number of halogens is 4. The van der Waals surface area contributed by atoms with E-state index in [1.807, 2.05) is 0 Å². The second-order valence-corrected chi connectivity index (χ2v) is 6.63. The fraction of sp³-hybridized carbons (Fsp3) is 0.190. The first kappa shape index (κ1) is 22.8. The average molecular weight is 451 g/mol. The summed E-state index contributed by atoms with van der Waals surface area (Å²) in [6.07, 6.45) is 1.55. The number of aromatic nitrogens is 2. The third kappa shape index (κ3) is 4.41. The molecule has 0 atom stereocenters. The molecule has 0 saturated carbocycles. The number of imidazole rings is 1. The van der Waals surface area contributed by atoms with Crippen LogP contribution >= 0.6 is 0 Å². The zero-order valence-electron chi connectivity index (χ0n) is 16.8. The summed E-state index contributed by atoms with van der Waals surface area (Å²) in [5.74, 6) is -5.89. The van der Waals surface area contributed by atoms with Crippen molar-refractivity contribution in [3.63, 3.8) is 0 Å². The number of benzene rings is 2. The van der Waals surface area contributed by atoms with Crippen molar-refractivity contribution in [2.45, 2.75) is 20.0 Å². The molecule has 7 nitrogen and oxygen atoms in total. The molecule has 0 unspecified atom stereocenters. The van der Waals surface area contributed by atoms with Crippen LogP contribution in [0.2, 0.25) is 0 Å². The molecular formula is C21H17F4N3O4. The fourth-order valence-corrected chi connectivity index (χ4v) is 3.15. The van der Waals surface area contributed by atoms with Gasteiger partial charge in [0.05, 0.1) is 17.5 Å². The standard InChI is InChI=1S/C21H17F4N3O4/c1-3-10-8-11(4-5-12(10)20(30)31)27-19(29)18-26-9-14(28(18)2)13-6-7-15(32-21(24)25)17(23)16(13)22/h4-9,21H,3H2,1-2H3,(H,27,29)(H,30,31). The van der Waals surface area contributed by atoms with Gasteiger partial charge >= 0.3 is 12.6 Å². The number of aromatic carboxylic acids is 1. The van der Waals surface area contributed by atoms with Crippen molar-refractivity contribution >= 4 is 17.6 Å². The summed E-state index contributed by atoms with van der Waals surface area (Å²) in [4.78, 5) is 27.8. The normalized spacial score (nSPS) is 11.0. The van der Waals surface area contributed by atoms with E-state index in [1.165, 1.54) is 29.8 Å². The summed E-state index contributed by atoms with van der Waals surface area (Å²) in [7, 11) is 1.39. The Labute approximate surface area is 179 Å². The van der Waals surface area contributed by atoms with Gasteiger partial charge in [-0.25, -0.2) is 14.2 Å².